The molecule has 0 saturated heterocycles. The Balaban J connectivity index is 0. The summed E-state index contributed by atoms with van der Waals surface area (Å²) in [6.45, 7) is -0.800. The van der Waals surface area contributed by atoms with Crippen LogP contribution in [-0.2, 0) is 4.79 Å². The standard InChI is InChI=1S/C5H10O6.Na/c6-1-2(7)3(8)4(9)5(10)11;/h2-4,6-9H,1H2,(H,10,11);/t2-,3+,4-;/m1./s1. The van der Waals surface area contributed by atoms with E-state index in [2.05, 4.69) is 0 Å². The molecule has 0 aromatic rings. The van der Waals surface area contributed by atoms with Gasteiger partial charge in [0.1, 0.15) is 12.2 Å². The first-order valence-electron chi connectivity index (χ1n) is 2.88. The number of hydrogen-bond donors (Lipinski definition) is 5. The average Bonchev–Trinajstić information content (AvgIpc) is 2.00. The van der Waals surface area contributed by atoms with Crippen molar-refractivity contribution in [2.75, 3.05) is 6.61 Å². The van der Waals surface area contributed by atoms with Gasteiger partial charge in [-0.2, -0.15) is 0 Å². The van der Waals surface area contributed by atoms with Crippen LogP contribution in [0, 0.1) is 0 Å². The molecule has 1 radical (unpaired) electrons. The van der Waals surface area contributed by atoms with Gasteiger partial charge in [-0.15, -0.1) is 0 Å². The molecule has 7 heteroatoms. The molecule has 0 unspecified atom stereocenters. The van der Waals surface area contributed by atoms with E-state index in [1.165, 1.54) is 0 Å². The number of rotatable bonds is 4. The zero-order valence-corrected chi connectivity index (χ0v) is 8.58. The van der Waals surface area contributed by atoms with E-state index < -0.39 is 30.9 Å². The number of carboxylic acids is 1. The maximum absolute atomic E-state index is 9.96. The SMILES string of the molecule is O=C(O)[C@H](O)[C@@H](O)[C@H](O)CO.[Na]. The third-order valence-corrected chi connectivity index (χ3v) is 1.16. The Labute approximate surface area is 90.7 Å². The summed E-state index contributed by atoms with van der Waals surface area (Å²) in [5.41, 5.74) is 0. The van der Waals surface area contributed by atoms with E-state index in [1.807, 2.05) is 0 Å². The largest absolute Gasteiger partial charge is 0.479 e. The second-order valence-electron chi connectivity index (χ2n) is 2.02. The Morgan fingerprint density at radius 1 is 1.25 bits per heavy atom. The van der Waals surface area contributed by atoms with Crippen LogP contribution in [-0.4, -0.2) is 86.0 Å². The summed E-state index contributed by atoms with van der Waals surface area (Å²) in [5.74, 6) is -1.65. The third kappa shape index (κ3) is 4.36. The first kappa shape index (κ1) is 14.8. The van der Waals surface area contributed by atoms with Crippen LogP contribution in [0.25, 0.3) is 0 Å². The van der Waals surface area contributed by atoms with Gasteiger partial charge in [0.15, 0.2) is 6.10 Å². The normalized spacial score (nSPS) is 17.3. The van der Waals surface area contributed by atoms with Gasteiger partial charge in [-0.3, -0.25) is 0 Å². The quantitative estimate of drug-likeness (QED) is 0.297. The molecule has 12 heavy (non-hydrogen) atoms. The Morgan fingerprint density at radius 2 is 1.67 bits per heavy atom. The van der Waals surface area contributed by atoms with Crippen LogP contribution in [0.4, 0.5) is 0 Å². The van der Waals surface area contributed by atoms with E-state index in [9.17, 15) is 4.79 Å². The molecule has 0 spiro atoms. The number of aliphatic carboxylic acids is 1. The summed E-state index contributed by atoms with van der Waals surface area (Å²) in [6.07, 6.45) is -5.57. The fourth-order valence-electron chi connectivity index (χ4n) is 0.465. The van der Waals surface area contributed by atoms with Crippen molar-refractivity contribution >= 4 is 35.5 Å². The molecule has 0 fully saturated rings. The smallest absolute Gasteiger partial charge is 0.335 e. The molecule has 0 heterocycles. The molecular formula is C5H10NaO6. The van der Waals surface area contributed by atoms with Crippen LogP contribution in [0.15, 0.2) is 0 Å². The van der Waals surface area contributed by atoms with Gasteiger partial charge < -0.3 is 25.5 Å². The zero-order valence-electron chi connectivity index (χ0n) is 6.58. The van der Waals surface area contributed by atoms with E-state index in [-0.39, 0.29) is 29.6 Å². The molecule has 0 aliphatic heterocycles. The van der Waals surface area contributed by atoms with E-state index in [0.717, 1.165) is 0 Å². The molecule has 0 aromatic heterocycles. The van der Waals surface area contributed by atoms with Crippen molar-refractivity contribution in [3.8, 4) is 0 Å². The molecule has 0 bridgehead atoms. The predicted molar refractivity (Wildman–Crippen MR) is 38.5 cm³/mol. The second kappa shape index (κ2) is 6.79. The van der Waals surface area contributed by atoms with E-state index in [0.29, 0.717) is 0 Å². The fraction of sp³-hybridized carbons (Fsp3) is 0.800. The molecule has 0 aliphatic rings. The molecule has 5 N–H and O–H groups in total. The van der Waals surface area contributed by atoms with Gasteiger partial charge in [0.05, 0.1) is 6.61 Å². The van der Waals surface area contributed by atoms with Crippen molar-refractivity contribution in [2.45, 2.75) is 18.3 Å². The number of carboxylic acid groups (broad SMARTS) is 1. The van der Waals surface area contributed by atoms with E-state index in [4.69, 9.17) is 25.5 Å². The van der Waals surface area contributed by atoms with Crippen molar-refractivity contribution in [3.63, 3.8) is 0 Å². The van der Waals surface area contributed by atoms with Gasteiger partial charge in [0.2, 0.25) is 0 Å². The van der Waals surface area contributed by atoms with Gasteiger partial charge >= 0.3 is 5.97 Å². The first-order valence-corrected chi connectivity index (χ1v) is 2.88. The Morgan fingerprint density at radius 3 is 1.92 bits per heavy atom. The number of aliphatic hydroxyl groups excluding tert-OH is 4. The van der Waals surface area contributed by atoms with Crippen molar-refractivity contribution in [1.82, 2.24) is 0 Å². The van der Waals surface area contributed by atoms with Crippen LogP contribution in [0.5, 0.6) is 0 Å². The second-order valence-corrected chi connectivity index (χ2v) is 2.02. The maximum atomic E-state index is 9.96. The molecule has 67 valence electrons. The summed E-state index contributed by atoms with van der Waals surface area (Å²) in [4.78, 5) is 9.96. The molecule has 3 atom stereocenters. The minimum atomic E-state index is -2.07. The summed E-state index contributed by atoms with van der Waals surface area (Å²) in [5, 5.41) is 42.2. The molecular weight excluding hydrogens is 179 g/mol. The molecule has 0 amide bonds. The molecule has 0 rings (SSSR count). The van der Waals surface area contributed by atoms with Crippen molar-refractivity contribution in [2.24, 2.45) is 0 Å². The number of aliphatic hydroxyl groups is 4. The van der Waals surface area contributed by atoms with Crippen molar-refractivity contribution in [3.05, 3.63) is 0 Å². The van der Waals surface area contributed by atoms with Gasteiger partial charge in [-0.25, -0.2) is 4.79 Å². The van der Waals surface area contributed by atoms with Gasteiger partial charge in [0, 0.05) is 29.6 Å². The van der Waals surface area contributed by atoms with Gasteiger partial charge in [0.25, 0.3) is 0 Å². The minimum absolute atomic E-state index is 0. The molecule has 0 aromatic carbocycles. The maximum Gasteiger partial charge on any atom is 0.335 e. The van der Waals surface area contributed by atoms with Crippen molar-refractivity contribution in [1.29, 1.82) is 0 Å². The molecule has 6 nitrogen and oxygen atoms in total. The van der Waals surface area contributed by atoms with Crippen LogP contribution in [0.2, 0.25) is 0 Å². The molecule has 0 aliphatic carbocycles. The monoisotopic (exact) mass is 189 g/mol. The Kier molecular flexibility index (Phi) is 8.38. The van der Waals surface area contributed by atoms with Gasteiger partial charge in [-0.05, 0) is 0 Å². The number of carbonyl (C=O) groups is 1. The van der Waals surface area contributed by atoms with E-state index >= 15 is 0 Å². The zero-order chi connectivity index (χ0) is 9.02. The Hall–Kier alpha value is 0.310. The topological polar surface area (TPSA) is 118 Å². The third-order valence-electron chi connectivity index (χ3n) is 1.16. The number of hydrogen-bond acceptors (Lipinski definition) is 5. The fourth-order valence-corrected chi connectivity index (χ4v) is 0.465. The van der Waals surface area contributed by atoms with Crippen molar-refractivity contribution < 1.29 is 30.3 Å². The van der Waals surface area contributed by atoms with E-state index in [1.54, 1.807) is 0 Å². The predicted octanol–water partition coefficient (Wildman–Crippen LogP) is -3.23. The van der Waals surface area contributed by atoms with Crippen LogP contribution in [0.3, 0.4) is 0 Å². The molecule has 0 saturated carbocycles. The Bertz CT molecular complexity index is 140. The summed E-state index contributed by atoms with van der Waals surface area (Å²) < 4.78 is 0. The summed E-state index contributed by atoms with van der Waals surface area (Å²) >= 11 is 0. The first-order chi connectivity index (χ1) is 5.00. The summed E-state index contributed by atoms with van der Waals surface area (Å²) in [7, 11) is 0. The average molecular weight is 189 g/mol. The van der Waals surface area contributed by atoms with Crippen LogP contribution in [0.1, 0.15) is 0 Å². The van der Waals surface area contributed by atoms with Crippen LogP contribution >= 0.6 is 0 Å². The van der Waals surface area contributed by atoms with Crippen LogP contribution < -0.4 is 0 Å². The summed E-state index contributed by atoms with van der Waals surface area (Å²) in [6, 6.07) is 0. The minimum Gasteiger partial charge on any atom is -0.479 e. The van der Waals surface area contributed by atoms with Gasteiger partial charge in [-0.1, -0.05) is 0 Å².